The number of halogens is 1. The van der Waals surface area contributed by atoms with Crippen LogP contribution in [0.1, 0.15) is 32.6 Å². The van der Waals surface area contributed by atoms with Gasteiger partial charge in [0.2, 0.25) is 16.0 Å². The van der Waals surface area contributed by atoms with E-state index in [4.69, 9.17) is 21.1 Å². The number of likely N-dealkylation sites (tertiary alicyclic amines) is 1. The molecular formula is C27H33ClN6O4S. The molecular weight excluding hydrogens is 540 g/mol. The van der Waals surface area contributed by atoms with Gasteiger partial charge < -0.3 is 25.0 Å². The maximum Gasteiger partial charge on any atom is 0.242 e. The Bertz CT molecular complexity index is 1420. The largest absolute Gasteiger partial charge is 0.492 e. The van der Waals surface area contributed by atoms with Crippen LogP contribution in [0, 0.1) is 0 Å². The molecule has 3 aromatic rings. The Morgan fingerprint density at radius 1 is 1.10 bits per heavy atom. The van der Waals surface area contributed by atoms with Gasteiger partial charge in [0, 0.05) is 25.2 Å². The first-order valence-corrected chi connectivity index (χ1v) is 15.0. The minimum atomic E-state index is -3.72. The highest BCUT2D eigenvalue weighted by molar-refractivity contribution is 7.89. The number of benzene rings is 2. The Morgan fingerprint density at radius 2 is 1.92 bits per heavy atom. The SMILES string of the molecule is CCOc1cc(O[C@@H]2CCN(C)C2)ccc1Nc1ncc(Cl)c(Nc2ccccc2S(=O)(=O)NC2CCC2)n1. The van der Waals surface area contributed by atoms with Crippen LogP contribution in [0.2, 0.25) is 5.02 Å². The molecule has 0 bridgehead atoms. The summed E-state index contributed by atoms with van der Waals surface area (Å²) in [6.07, 6.45) is 5.30. The highest BCUT2D eigenvalue weighted by Gasteiger charge is 2.27. The first-order valence-electron chi connectivity index (χ1n) is 13.1. The van der Waals surface area contributed by atoms with Crippen molar-refractivity contribution in [3.05, 3.63) is 53.7 Å². The van der Waals surface area contributed by atoms with Crippen molar-refractivity contribution in [1.82, 2.24) is 19.6 Å². The number of hydrogen-bond donors (Lipinski definition) is 3. The highest BCUT2D eigenvalue weighted by Crippen LogP contribution is 2.34. The van der Waals surface area contributed by atoms with E-state index < -0.39 is 10.0 Å². The van der Waals surface area contributed by atoms with E-state index in [0.717, 1.165) is 44.5 Å². The quantitative estimate of drug-likeness (QED) is 0.294. The molecule has 2 heterocycles. The standard InChI is InChI=1S/C27H33ClN6O4S/c1-3-37-24-15-19(38-20-13-14-34(2)17-20)11-12-22(24)31-27-29-16-21(28)26(32-27)30-23-9-4-5-10-25(23)39(35,36)33-18-7-6-8-18/h4-5,9-12,15-16,18,20,33H,3,6-8,13-14,17H2,1-2H3,(H2,29,30,31,32)/t20-/m1/s1. The lowest BCUT2D eigenvalue weighted by Crippen LogP contribution is -2.39. The summed E-state index contributed by atoms with van der Waals surface area (Å²) in [5.74, 6) is 1.87. The van der Waals surface area contributed by atoms with Crippen molar-refractivity contribution in [2.75, 3.05) is 37.4 Å². The van der Waals surface area contributed by atoms with Crippen LogP contribution < -0.4 is 24.8 Å². The minimum Gasteiger partial charge on any atom is -0.492 e. The molecule has 1 saturated heterocycles. The molecule has 2 fully saturated rings. The van der Waals surface area contributed by atoms with Crippen molar-refractivity contribution < 1.29 is 17.9 Å². The fourth-order valence-corrected chi connectivity index (χ4v) is 6.12. The monoisotopic (exact) mass is 572 g/mol. The first-order chi connectivity index (χ1) is 18.8. The van der Waals surface area contributed by atoms with Crippen molar-refractivity contribution in [2.24, 2.45) is 0 Å². The molecule has 10 nitrogen and oxygen atoms in total. The number of nitrogens with zero attached hydrogens (tertiary/aromatic N) is 3. The lowest BCUT2D eigenvalue weighted by molar-refractivity contribution is 0.207. The number of rotatable bonds is 11. The van der Waals surface area contributed by atoms with Gasteiger partial charge in [0.25, 0.3) is 0 Å². The lowest BCUT2D eigenvalue weighted by Gasteiger charge is -2.26. The summed E-state index contributed by atoms with van der Waals surface area (Å²) >= 11 is 6.40. The van der Waals surface area contributed by atoms with Gasteiger partial charge in [-0.05, 0) is 57.5 Å². The fraction of sp³-hybridized carbons (Fsp3) is 0.407. The van der Waals surface area contributed by atoms with Gasteiger partial charge >= 0.3 is 0 Å². The van der Waals surface area contributed by atoms with Crippen LogP contribution in [0.4, 0.5) is 23.1 Å². The maximum absolute atomic E-state index is 13.0. The molecule has 12 heteroatoms. The number of aromatic nitrogens is 2. The second-order valence-electron chi connectivity index (χ2n) is 9.77. The molecule has 39 heavy (non-hydrogen) atoms. The number of sulfonamides is 1. The van der Waals surface area contributed by atoms with Gasteiger partial charge in [-0.3, -0.25) is 0 Å². The summed E-state index contributed by atoms with van der Waals surface area (Å²) in [6, 6.07) is 12.2. The molecule has 0 spiro atoms. The van der Waals surface area contributed by atoms with Crippen molar-refractivity contribution in [1.29, 1.82) is 0 Å². The van der Waals surface area contributed by atoms with Gasteiger partial charge in [0.1, 0.15) is 27.5 Å². The van der Waals surface area contributed by atoms with Crippen LogP contribution in [0.25, 0.3) is 0 Å². The van der Waals surface area contributed by atoms with Crippen LogP contribution in [0.3, 0.4) is 0 Å². The molecule has 1 aliphatic carbocycles. The third kappa shape index (κ3) is 6.73. The maximum atomic E-state index is 13.0. The Kier molecular flexibility index (Phi) is 8.41. The predicted molar refractivity (Wildman–Crippen MR) is 152 cm³/mol. The normalized spacial score (nSPS) is 18.0. The molecule has 1 aliphatic heterocycles. The van der Waals surface area contributed by atoms with Gasteiger partial charge in [0.15, 0.2) is 5.82 Å². The van der Waals surface area contributed by atoms with Gasteiger partial charge in [0.05, 0.1) is 24.2 Å². The van der Waals surface area contributed by atoms with Crippen LogP contribution in [0.5, 0.6) is 11.5 Å². The fourth-order valence-electron chi connectivity index (χ4n) is 4.51. The molecule has 1 atom stereocenters. The topological polar surface area (TPSA) is 118 Å². The number of nitrogens with one attached hydrogen (secondary N) is 3. The van der Waals surface area contributed by atoms with Crippen molar-refractivity contribution >= 4 is 44.8 Å². The summed E-state index contributed by atoms with van der Waals surface area (Å²) in [4.78, 5) is 11.2. The van der Waals surface area contributed by atoms with Crippen molar-refractivity contribution in [3.8, 4) is 11.5 Å². The van der Waals surface area contributed by atoms with E-state index >= 15 is 0 Å². The van der Waals surface area contributed by atoms with E-state index in [9.17, 15) is 8.42 Å². The number of ether oxygens (including phenoxy) is 2. The summed E-state index contributed by atoms with van der Waals surface area (Å²) in [5.41, 5.74) is 1.03. The average Bonchev–Trinajstić information content (AvgIpc) is 3.30. The smallest absolute Gasteiger partial charge is 0.242 e. The zero-order valence-corrected chi connectivity index (χ0v) is 23.6. The Balaban J connectivity index is 1.35. The number of para-hydroxylation sites is 1. The molecule has 1 saturated carbocycles. The molecule has 1 aromatic heterocycles. The van der Waals surface area contributed by atoms with Crippen LogP contribution in [-0.2, 0) is 10.0 Å². The zero-order valence-electron chi connectivity index (χ0n) is 22.0. The summed E-state index contributed by atoms with van der Waals surface area (Å²) in [6.45, 7) is 4.29. The van der Waals surface area contributed by atoms with Crippen LogP contribution in [0.15, 0.2) is 53.6 Å². The van der Waals surface area contributed by atoms with Gasteiger partial charge in [-0.15, -0.1) is 0 Å². The third-order valence-electron chi connectivity index (χ3n) is 6.75. The van der Waals surface area contributed by atoms with E-state index in [2.05, 4.69) is 37.3 Å². The summed E-state index contributed by atoms with van der Waals surface area (Å²) in [7, 11) is -1.63. The van der Waals surface area contributed by atoms with E-state index in [1.54, 1.807) is 24.3 Å². The molecule has 2 aliphatic rings. The Hall–Kier alpha value is -3.12. The molecule has 5 rings (SSSR count). The van der Waals surface area contributed by atoms with Crippen molar-refractivity contribution in [2.45, 2.75) is 49.6 Å². The highest BCUT2D eigenvalue weighted by atomic mass is 35.5. The zero-order chi connectivity index (χ0) is 27.4. The Labute approximate surface area is 234 Å². The van der Waals surface area contributed by atoms with Crippen LogP contribution >= 0.6 is 11.6 Å². The molecule has 0 radical (unpaired) electrons. The predicted octanol–water partition coefficient (Wildman–Crippen LogP) is 4.93. The van der Waals surface area contributed by atoms with E-state index in [1.165, 1.54) is 6.20 Å². The minimum absolute atomic E-state index is 0.0303. The van der Waals surface area contributed by atoms with Gasteiger partial charge in [-0.2, -0.15) is 4.98 Å². The third-order valence-corrected chi connectivity index (χ3v) is 8.61. The lowest BCUT2D eigenvalue weighted by atomic mass is 9.94. The summed E-state index contributed by atoms with van der Waals surface area (Å²) < 4.78 is 40.8. The van der Waals surface area contributed by atoms with E-state index in [1.807, 2.05) is 25.1 Å². The first kappa shape index (κ1) is 27.4. The second-order valence-corrected chi connectivity index (χ2v) is 11.9. The van der Waals surface area contributed by atoms with Crippen LogP contribution in [-0.4, -0.2) is 62.2 Å². The molecule has 0 unspecified atom stereocenters. The number of hydrogen-bond acceptors (Lipinski definition) is 9. The van der Waals surface area contributed by atoms with Gasteiger partial charge in [-0.1, -0.05) is 30.2 Å². The summed E-state index contributed by atoms with van der Waals surface area (Å²) in [5, 5.41) is 6.51. The van der Waals surface area contributed by atoms with Gasteiger partial charge in [-0.25, -0.2) is 18.1 Å². The number of anilines is 4. The Morgan fingerprint density at radius 3 is 2.64 bits per heavy atom. The van der Waals surface area contributed by atoms with E-state index in [-0.39, 0.29) is 33.8 Å². The molecule has 2 aromatic carbocycles. The molecule has 3 N–H and O–H groups in total. The van der Waals surface area contributed by atoms with E-state index in [0.29, 0.717) is 23.7 Å². The van der Waals surface area contributed by atoms with Crippen molar-refractivity contribution in [3.63, 3.8) is 0 Å². The second kappa shape index (κ2) is 12.0. The molecule has 0 amide bonds. The average molecular weight is 573 g/mol. The number of likely N-dealkylation sites (N-methyl/N-ethyl adjacent to an activating group) is 1. The molecule has 208 valence electrons.